The van der Waals surface area contributed by atoms with Crippen molar-refractivity contribution in [3.63, 3.8) is 0 Å². The Balaban J connectivity index is 2.15. The number of nitro benzene ring substituents is 1. The van der Waals surface area contributed by atoms with E-state index in [0.29, 0.717) is 17.0 Å². The predicted octanol–water partition coefficient (Wildman–Crippen LogP) is 2.26. The molecule has 0 bridgehead atoms. The van der Waals surface area contributed by atoms with E-state index in [1.807, 2.05) is 0 Å². The molecule has 0 aliphatic rings. The minimum atomic E-state index is -3.91. The fraction of sp³-hybridized carbons (Fsp3) is 0. The first-order valence-corrected chi connectivity index (χ1v) is 9.25. The molecule has 0 saturated carbocycles. The lowest BCUT2D eigenvalue weighted by Gasteiger charge is -2.01. The van der Waals surface area contributed by atoms with Gasteiger partial charge < -0.3 is 0 Å². The van der Waals surface area contributed by atoms with Crippen LogP contribution in [0.25, 0.3) is 5.69 Å². The smallest absolute Gasteiger partial charge is 0.258 e. The highest BCUT2D eigenvalue weighted by atomic mass is 32.2. The average Bonchev–Trinajstić information content (AvgIpc) is 3.07. The van der Waals surface area contributed by atoms with Crippen molar-refractivity contribution >= 4 is 26.9 Å². The maximum absolute atomic E-state index is 12.7. The van der Waals surface area contributed by atoms with E-state index in [2.05, 4.69) is 15.5 Å². The Bertz CT molecular complexity index is 1130. The van der Waals surface area contributed by atoms with Crippen LogP contribution in [0.2, 0.25) is 0 Å². The molecule has 0 aliphatic carbocycles. The molecule has 2 aromatic carbocycles. The van der Waals surface area contributed by atoms with Crippen LogP contribution in [0.4, 0.5) is 5.69 Å². The summed E-state index contributed by atoms with van der Waals surface area (Å²) < 4.78 is 26.1. The van der Waals surface area contributed by atoms with Gasteiger partial charge >= 0.3 is 0 Å². The highest BCUT2D eigenvalue weighted by Gasteiger charge is 2.23. The zero-order chi connectivity index (χ0) is 18.7. The zero-order valence-electron chi connectivity index (χ0n) is 12.8. The second-order valence-electron chi connectivity index (χ2n) is 4.83. The number of hydrogen-bond donors (Lipinski definition) is 0. The van der Waals surface area contributed by atoms with Crippen LogP contribution >= 0.6 is 11.3 Å². The third kappa shape index (κ3) is 3.27. The van der Waals surface area contributed by atoms with Crippen molar-refractivity contribution in [2.75, 3.05) is 0 Å². The van der Waals surface area contributed by atoms with Crippen LogP contribution < -0.4 is 4.80 Å². The predicted molar refractivity (Wildman–Crippen MR) is 91.3 cm³/mol. The highest BCUT2D eigenvalue weighted by Crippen LogP contribution is 2.22. The summed E-state index contributed by atoms with van der Waals surface area (Å²) in [5.41, 5.74) is 0.150. The Hall–Kier alpha value is -3.25. The molecule has 10 nitrogen and oxygen atoms in total. The van der Waals surface area contributed by atoms with Crippen LogP contribution in [-0.2, 0) is 9.84 Å². The number of benzene rings is 2. The van der Waals surface area contributed by atoms with Gasteiger partial charge in [-0.2, -0.15) is 0 Å². The Labute approximate surface area is 150 Å². The SMILES string of the molecule is O=N/N=c1\sc(S(=O)(=O)c2ccccc2)nn1-c1ccc([N+](=O)[O-])cc1. The van der Waals surface area contributed by atoms with Crippen molar-refractivity contribution in [1.29, 1.82) is 0 Å². The molecule has 0 fully saturated rings. The molecule has 1 heterocycles. The molecule has 0 N–H and O–H groups in total. The van der Waals surface area contributed by atoms with E-state index in [4.69, 9.17) is 0 Å². The number of nitrogens with zero attached hydrogens (tertiary/aromatic N) is 5. The van der Waals surface area contributed by atoms with Gasteiger partial charge in [0.05, 0.1) is 20.8 Å². The van der Waals surface area contributed by atoms with Crippen molar-refractivity contribution in [2.24, 2.45) is 10.4 Å². The van der Waals surface area contributed by atoms with E-state index >= 15 is 0 Å². The lowest BCUT2D eigenvalue weighted by Crippen LogP contribution is -2.14. The highest BCUT2D eigenvalue weighted by molar-refractivity contribution is 7.93. The van der Waals surface area contributed by atoms with Crippen molar-refractivity contribution in [3.8, 4) is 5.69 Å². The van der Waals surface area contributed by atoms with Crippen LogP contribution in [-0.4, -0.2) is 23.1 Å². The summed E-state index contributed by atoms with van der Waals surface area (Å²) in [5.74, 6) is 0. The minimum absolute atomic E-state index is 0.0372. The van der Waals surface area contributed by atoms with E-state index in [1.165, 1.54) is 36.4 Å². The van der Waals surface area contributed by atoms with Crippen molar-refractivity contribution < 1.29 is 13.3 Å². The monoisotopic (exact) mass is 391 g/mol. The molecule has 132 valence electrons. The molecule has 0 amide bonds. The second-order valence-corrected chi connectivity index (χ2v) is 7.91. The largest absolute Gasteiger partial charge is 0.269 e. The maximum Gasteiger partial charge on any atom is 0.269 e. The number of aromatic nitrogens is 2. The number of sulfone groups is 1. The van der Waals surface area contributed by atoms with Gasteiger partial charge in [-0.15, -0.1) is 10.0 Å². The van der Waals surface area contributed by atoms with Crippen molar-refractivity contribution in [1.82, 2.24) is 9.78 Å². The molecule has 0 saturated heterocycles. The van der Waals surface area contributed by atoms with Crippen molar-refractivity contribution in [2.45, 2.75) is 9.24 Å². The minimum Gasteiger partial charge on any atom is -0.258 e. The summed E-state index contributed by atoms with van der Waals surface area (Å²) in [6.45, 7) is 0. The summed E-state index contributed by atoms with van der Waals surface area (Å²) in [6.07, 6.45) is 0. The molecule has 0 radical (unpaired) electrons. The van der Waals surface area contributed by atoms with Gasteiger partial charge in [0.15, 0.2) is 0 Å². The Morgan fingerprint density at radius 3 is 2.31 bits per heavy atom. The summed E-state index contributed by atoms with van der Waals surface area (Å²) in [5, 5.41) is 20.5. The number of hydrogen-bond acceptors (Lipinski definition) is 8. The van der Waals surface area contributed by atoms with E-state index in [9.17, 15) is 23.4 Å². The quantitative estimate of drug-likeness (QED) is 0.371. The summed E-state index contributed by atoms with van der Waals surface area (Å²) in [4.78, 5) is 20.7. The Morgan fingerprint density at radius 1 is 1.08 bits per heavy atom. The molecular formula is C14H9N5O5S2. The van der Waals surface area contributed by atoms with Gasteiger partial charge in [0.1, 0.15) is 0 Å². The number of nitroso groups, excluding NO2 is 1. The lowest BCUT2D eigenvalue weighted by atomic mass is 10.3. The van der Waals surface area contributed by atoms with Gasteiger partial charge in [-0.3, -0.25) is 10.1 Å². The average molecular weight is 391 g/mol. The molecule has 12 heteroatoms. The first kappa shape index (κ1) is 17.6. The molecule has 3 aromatic rings. The van der Waals surface area contributed by atoms with Gasteiger partial charge in [0.2, 0.25) is 19.0 Å². The first-order valence-electron chi connectivity index (χ1n) is 6.95. The number of rotatable bonds is 5. The third-order valence-corrected chi connectivity index (χ3v) is 6.29. The summed E-state index contributed by atoms with van der Waals surface area (Å²) in [7, 11) is -3.91. The normalized spacial score (nSPS) is 12.1. The van der Waals surface area contributed by atoms with Gasteiger partial charge in [-0.05, 0) is 24.3 Å². The molecule has 0 atom stereocenters. The molecule has 3 rings (SSSR count). The van der Waals surface area contributed by atoms with Crippen LogP contribution in [0.15, 0.2) is 74.2 Å². The van der Waals surface area contributed by atoms with Gasteiger partial charge in [0.25, 0.3) is 5.69 Å². The molecule has 0 spiro atoms. The second kappa shape index (κ2) is 6.93. The summed E-state index contributed by atoms with van der Waals surface area (Å²) in [6, 6.07) is 12.8. The summed E-state index contributed by atoms with van der Waals surface area (Å²) >= 11 is 0.661. The van der Waals surface area contributed by atoms with E-state index in [-0.39, 0.29) is 19.7 Å². The van der Waals surface area contributed by atoms with Crippen LogP contribution in [0, 0.1) is 15.0 Å². The Morgan fingerprint density at radius 2 is 1.73 bits per heavy atom. The zero-order valence-corrected chi connectivity index (χ0v) is 14.4. The van der Waals surface area contributed by atoms with E-state index < -0.39 is 14.8 Å². The van der Waals surface area contributed by atoms with Gasteiger partial charge in [-0.25, -0.2) is 13.1 Å². The van der Waals surface area contributed by atoms with E-state index in [1.54, 1.807) is 18.2 Å². The number of non-ortho nitro benzene ring substituents is 1. The third-order valence-electron chi connectivity index (χ3n) is 3.26. The molecular weight excluding hydrogens is 382 g/mol. The fourth-order valence-corrected chi connectivity index (χ4v) is 4.50. The molecule has 26 heavy (non-hydrogen) atoms. The molecule has 1 aromatic heterocycles. The first-order chi connectivity index (χ1) is 12.4. The fourth-order valence-electron chi connectivity index (χ4n) is 2.06. The van der Waals surface area contributed by atoms with E-state index in [0.717, 1.165) is 4.68 Å². The molecule has 0 unspecified atom stereocenters. The van der Waals surface area contributed by atoms with Gasteiger partial charge in [-0.1, -0.05) is 34.6 Å². The maximum atomic E-state index is 12.7. The van der Waals surface area contributed by atoms with Crippen molar-refractivity contribution in [3.05, 3.63) is 74.4 Å². The van der Waals surface area contributed by atoms with Crippen LogP contribution in [0.3, 0.4) is 0 Å². The standard InChI is InChI=1S/C14H9N5O5S2/c20-17-15-13-18(10-6-8-11(9-7-10)19(21)22)16-14(25-13)26(23,24)12-4-2-1-3-5-12/h1-9H/b15-13-. The van der Waals surface area contributed by atoms with Gasteiger partial charge in [0, 0.05) is 12.1 Å². The number of nitro groups is 1. The topological polar surface area (TPSA) is 137 Å². The Kier molecular flexibility index (Phi) is 4.69. The lowest BCUT2D eigenvalue weighted by molar-refractivity contribution is -0.384. The van der Waals surface area contributed by atoms with Crippen LogP contribution in [0.1, 0.15) is 0 Å². The van der Waals surface area contributed by atoms with Crippen LogP contribution in [0.5, 0.6) is 0 Å². The molecule has 0 aliphatic heterocycles.